The van der Waals surface area contributed by atoms with Gasteiger partial charge in [-0.1, -0.05) is 91.0 Å². The molecule has 0 aliphatic heterocycles. The fourth-order valence-electron chi connectivity index (χ4n) is 5.06. The van der Waals surface area contributed by atoms with Gasteiger partial charge >= 0.3 is 5.69 Å². The fraction of sp³-hybridized carbons (Fsp3) is 0.129. The van der Waals surface area contributed by atoms with E-state index in [1.54, 1.807) is 0 Å². The van der Waals surface area contributed by atoms with Gasteiger partial charge in [0.25, 0.3) is 5.69 Å². The van der Waals surface area contributed by atoms with Gasteiger partial charge in [0.2, 0.25) is 0 Å². The van der Waals surface area contributed by atoms with Crippen LogP contribution in [0.15, 0.2) is 114 Å². The summed E-state index contributed by atoms with van der Waals surface area (Å²) in [6.45, 7) is 0. The van der Waals surface area contributed by atoms with Crippen LogP contribution < -0.4 is 5.43 Å². The van der Waals surface area contributed by atoms with Crippen molar-refractivity contribution in [1.29, 1.82) is 0 Å². The lowest BCUT2D eigenvalue weighted by molar-refractivity contribution is -0.393. The second-order valence-electron chi connectivity index (χ2n) is 9.32. The number of hydrogen-bond donors (Lipinski definition) is 1. The summed E-state index contributed by atoms with van der Waals surface area (Å²) in [4.78, 5) is 21.5. The molecule has 0 bridgehead atoms. The smallest absolute Gasteiger partial charge is 0.271 e. The van der Waals surface area contributed by atoms with Crippen molar-refractivity contribution in [3.8, 4) is 0 Å². The van der Waals surface area contributed by atoms with Crippen LogP contribution in [0.4, 0.5) is 17.1 Å². The fourth-order valence-corrected chi connectivity index (χ4v) is 5.06. The molecular formula is C31H26N4O4. The molecule has 4 aromatic rings. The molecule has 4 aromatic carbocycles. The average molecular weight is 519 g/mol. The third-order valence-electron chi connectivity index (χ3n) is 6.94. The molecule has 1 atom stereocenters. The standard InChI is InChI=1S/C31H26N4O4/c36-34(37)26-17-19-29(30(21-26)35(38)39)32-33-31(24-14-8-3-9-15-24)25-16-18-27(22-10-4-1-5-11-22)28(20-25)23-12-6-2-7-13-23/h1-15,17,19,21,25,32H,16,18,20H2/b33-31-. The highest BCUT2D eigenvalue weighted by molar-refractivity contribution is 6.05. The van der Waals surface area contributed by atoms with Gasteiger partial charge in [-0.3, -0.25) is 25.7 Å². The van der Waals surface area contributed by atoms with Crippen molar-refractivity contribution in [1.82, 2.24) is 0 Å². The molecule has 0 fully saturated rings. The first kappa shape index (κ1) is 25.5. The summed E-state index contributed by atoms with van der Waals surface area (Å²) in [5.74, 6) is 0.0414. The molecule has 0 aromatic heterocycles. The molecule has 1 N–H and O–H groups in total. The number of benzene rings is 4. The molecule has 5 rings (SSSR count). The first-order valence-corrected chi connectivity index (χ1v) is 12.7. The highest BCUT2D eigenvalue weighted by atomic mass is 16.6. The minimum Gasteiger partial charge on any atom is -0.271 e. The molecule has 0 heterocycles. The van der Waals surface area contributed by atoms with E-state index in [4.69, 9.17) is 5.10 Å². The van der Waals surface area contributed by atoms with E-state index >= 15 is 0 Å². The highest BCUT2D eigenvalue weighted by Crippen LogP contribution is 2.42. The van der Waals surface area contributed by atoms with Gasteiger partial charge in [-0.25, -0.2) is 0 Å². The number of non-ortho nitro benzene ring substituents is 1. The third kappa shape index (κ3) is 5.75. The molecular weight excluding hydrogens is 492 g/mol. The number of hydrazone groups is 1. The highest BCUT2D eigenvalue weighted by Gasteiger charge is 2.28. The molecule has 0 saturated heterocycles. The molecule has 8 heteroatoms. The lowest BCUT2D eigenvalue weighted by Crippen LogP contribution is -2.21. The van der Waals surface area contributed by atoms with Crippen LogP contribution in [-0.2, 0) is 0 Å². The maximum absolute atomic E-state index is 11.7. The summed E-state index contributed by atoms with van der Waals surface area (Å²) in [5.41, 5.74) is 8.82. The van der Waals surface area contributed by atoms with E-state index in [0.717, 1.165) is 42.2 Å². The van der Waals surface area contributed by atoms with Crippen LogP contribution in [0.1, 0.15) is 36.0 Å². The van der Waals surface area contributed by atoms with Gasteiger partial charge in [0.05, 0.1) is 21.6 Å². The van der Waals surface area contributed by atoms with E-state index < -0.39 is 15.5 Å². The van der Waals surface area contributed by atoms with E-state index in [0.29, 0.717) is 0 Å². The Hall–Kier alpha value is -5.11. The van der Waals surface area contributed by atoms with Crippen LogP contribution in [0.2, 0.25) is 0 Å². The minimum absolute atomic E-state index is 0.0414. The molecule has 1 aliphatic rings. The molecule has 39 heavy (non-hydrogen) atoms. The van der Waals surface area contributed by atoms with Crippen LogP contribution in [0.5, 0.6) is 0 Å². The number of nitro benzene ring substituents is 2. The van der Waals surface area contributed by atoms with Gasteiger partial charge in [-0.2, -0.15) is 5.10 Å². The third-order valence-corrected chi connectivity index (χ3v) is 6.94. The van der Waals surface area contributed by atoms with Crippen molar-refractivity contribution in [2.45, 2.75) is 19.3 Å². The molecule has 1 aliphatic carbocycles. The van der Waals surface area contributed by atoms with Gasteiger partial charge in [0.1, 0.15) is 5.69 Å². The number of hydrogen-bond acceptors (Lipinski definition) is 6. The molecule has 0 spiro atoms. The quantitative estimate of drug-likeness (QED) is 0.146. The van der Waals surface area contributed by atoms with Crippen LogP contribution in [0, 0.1) is 26.1 Å². The topological polar surface area (TPSA) is 111 Å². The largest absolute Gasteiger partial charge is 0.301 e. The Bertz CT molecular complexity index is 1550. The van der Waals surface area contributed by atoms with E-state index in [1.807, 2.05) is 54.6 Å². The Morgan fingerprint density at radius 3 is 1.92 bits per heavy atom. The van der Waals surface area contributed by atoms with Gasteiger partial charge in [-0.15, -0.1) is 0 Å². The van der Waals surface area contributed by atoms with Crippen molar-refractivity contribution >= 4 is 33.9 Å². The Kier molecular flexibility index (Phi) is 7.54. The van der Waals surface area contributed by atoms with Crippen molar-refractivity contribution in [3.05, 3.63) is 146 Å². The summed E-state index contributed by atoms with van der Waals surface area (Å²) < 4.78 is 0. The monoisotopic (exact) mass is 518 g/mol. The number of anilines is 1. The Labute approximate surface area is 225 Å². The number of allylic oxidation sites excluding steroid dienone is 2. The van der Waals surface area contributed by atoms with Crippen LogP contribution >= 0.6 is 0 Å². The molecule has 1 unspecified atom stereocenters. The van der Waals surface area contributed by atoms with Crippen LogP contribution in [0.25, 0.3) is 11.1 Å². The lowest BCUT2D eigenvalue weighted by atomic mass is 9.76. The zero-order valence-electron chi connectivity index (χ0n) is 21.1. The maximum Gasteiger partial charge on any atom is 0.301 e. The molecule has 194 valence electrons. The first-order chi connectivity index (χ1) is 19.0. The Morgan fingerprint density at radius 2 is 1.33 bits per heavy atom. The van der Waals surface area contributed by atoms with E-state index in [9.17, 15) is 20.2 Å². The first-order valence-electron chi connectivity index (χ1n) is 12.7. The van der Waals surface area contributed by atoms with Crippen molar-refractivity contribution < 1.29 is 9.85 Å². The average Bonchev–Trinajstić information content (AvgIpc) is 2.98. The Morgan fingerprint density at radius 1 is 0.744 bits per heavy atom. The normalized spacial score (nSPS) is 15.6. The van der Waals surface area contributed by atoms with Crippen molar-refractivity contribution in [2.75, 3.05) is 5.43 Å². The van der Waals surface area contributed by atoms with E-state index in [1.165, 1.54) is 28.8 Å². The van der Waals surface area contributed by atoms with Gasteiger partial charge < -0.3 is 0 Å². The zero-order chi connectivity index (χ0) is 27.2. The number of nitrogens with zero attached hydrogens (tertiary/aromatic N) is 3. The van der Waals surface area contributed by atoms with E-state index in [-0.39, 0.29) is 17.3 Å². The van der Waals surface area contributed by atoms with Crippen molar-refractivity contribution in [2.24, 2.45) is 11.0 Å². The summed E-state index contributed by atoms with van der Waals surface area (Å²) in [5, 5.41) is 27.5. The predicted molar refractivity (Wildman–Crippen MR) is 153 cm³/mol. The number of rotatable bonds is 8. The second-order valence-corrected chi connectivity index (χ2v) is 9.32. The van der Waals surface area contributed by atoms with E-state index in [2.05, 4.69) is 41.8 Å². The van der Waals surface area contributed by atoms with Gasteiger partial charge in [0, 0.05) is 12.0 Å². The maximum atomic E-state index is 11.7. The van der Waals surface area contributed by atoms with Gasteiger partial charge in [0.15, 0.2) is 0 Å². The summed E-state index contributed by atoms with van der Waals surface area (Å²) in [6.07, 6.45) is 2.44. The molecule has 8 nitrogen and oxygen atoms in total. The summed E-state index contributed by atoms with van der Waals surface area (Å²) >= 11 is 0. The number of nitro groups is 2. The van der Waals surface area contributed by atoms with Gasteiger partial charge in [-0.05, 0) is 53.2 Å². The van der Waals surface area contributed by atoms with Crippen LogP contribution in [-0.4, -0.2) is 15.6 Å². The second kappa shape index (κ2) is 11.5. The predicted octanol–water partition coefficient (Wildman–Crippen LogP) is 7.73. The molecule has 0 saturated carbocycles. The summed E-state index contributed by atoms with van der Waals surface area (Å²) in [7, 11) is 0. The molecule has 0 radical (unpaired) electrons. The zero-order valence-corrected chi connectivity index (χ0v) is 21.1. The number of nitrogens with one attached hydrogen (secondary N) is 1. The summed E-state index contributed by atoms with van der Waals surface area (Å²) in [6, 6.07) is 34.0. The SMILES string of the molecule is O=[N+]([O-])c1ccc(N/N=C(/c2ccccc2)C2CCC(c3ccccc3)=C(c3ccccc3)C2)c([N+](=O)[O-])c1. The lowest BCUT2D eigenvalue weighted by Gasteiger charge is -2.29. The van der Waals surface area contributed by atoms with Crippen LogP contribution in [0.3, 0.4) is 0 Å². The van der Waals surface area contributed by atoms with Crippen molar-refractivity contribution in [3.63, 3.8) is 0 Å². The Balaban J connectivity index is 1.55. The molecule has 0 amide bonds. The minimum atomic E-state index is -0.654.